The smallest absolute Gasteiger partial charge is 0.147 e. The van der Waals surface area contributed by atoms with Crippen LogP contribution in [0.25, 0.3) is 99.8 Å². The van der Waals surface area contributed by atoms with Gasteiger partial charge in [0.2, 0.25) is 0 Å². The zero-order valence-corrected chi connectivity index (χ0v) is 42.8. The summed E-state index contributed by atoms with van der Waals surface area (Å²) in [6.07, 6.45) is 1.97. The minimum Gasteiger partial charge on any atom is -0.354 e. The molecule has 12 rings (SSSR count). The van der Waals surface area contributed by atoms with Crippen LogP contribution in [0, 0.1) is 0 Å². The van der Waals surface area contributed by atoms with Crippen molar-refractivity contribution in [2.24, 2.45) is 0 Å². The molecule has 0 fully saturated rings. The molecule has 5 heteroatoms. The molecule has 0 spiro atoms. The van der Waals surface area contributed by atoms with Crippen molar-refractivity contribution < 1.29 is 0 Å². The van der Waals surface area contributed by atoms with Crippen molar-refractivity contribution in [2.45, 2.75) is 85.0 Å². The van der Waals surface area contributed by atoms with Gasteiger partial charge in [0.25, 0.3) is 0 Å². The fourth-order valence-electron chi connectivity index (χ4n) is 11.4. The fourth-order valence-corrected chi connectivity index (χ4v) is 11.4. The van der Waals surface area contributed by atoms with E-state index in [4.69, 9.17) is 9.97 Å². The maximum atomic E-state index is 5.82. The molecule has 1 N–H and O–H groups in total. The number of pyridine rings is 1. The van der Waals surface area contributed by atoms with Crippen LogP contribution < -0.4 is 0 Å². The monoisotopic (exact) mass is 935 g/mol. The number of hydrogen-bond acceptors (Lipinski definition) is 2. The Balaban J connectivity index is 1.12. The first kappa shape index (κ1) is 45.1. The summed E-state index contributed by atoms with van der Waals surface area (Å²) in [6.45, 7) is 20.9. The third-order valence-corrected chi connectivity index (χ3v) is 15.3. The molecular formula is C67H61N5. The van der Waals surface area contributed by atoms with Gasteiger partial charge < -0.3 is 4.98 Å². The standard InChI is InChI=1S/C67H61N5/c1-41(2)50-31-32-56-62(61(50)42(3)4)54-38-48(66(5,6)7)39-55(63(54)69-56)65-70-64-51(26-19-27-58(64)71(65)49-24-17-12-18-25-49)45-28-30-52-53-36-44(43-20-13-10-14-21-43)29-33-57(53)72(59(52)37-45)60-40-47(34-35-68-60)67(8,9)46-22-15-11-16-23-46/h10-42,69H,1-9H3. The van der Waals surface area contributed by atoms with Gasteiger partial charge in [0, 0.05) is 55.5 Å². The van der Waals surface area contributed by atoms with Crippen molar-refractivity contribution in [1.29, 1.82) is 0 Å². The van der Waals surface area contributed by atoms with Crippen molar-refractivity contribution >= 4 is 54.6 Å². The molecule has 0 aliphatic carbocycles. The van der Waals surface area contributed by atoms with E-state index < -0.39 is 0 Å². The van der Waals surface area contributed by atoms with Crippen molar-refractivity contribution in [3.63, 3.8) is 0 Å². The molecule has 0 aliphatic heterocycles. The van der Waals surface area contributed by atoms with Gasteiger partial charge in [-0.1, -0.05) is 178 Å². The second-order valence-corrected chi connectivity index (χ2v) is 22.0. The number of aromatic amines is 1. The molecule has 72 heavy (non-hydrogen) atoms. The lowest BCUT2D eigenvalue weighted by atomic mass is 9.78. The Morgan fingerprint density at radius 2 is 1.21 bits per heavy atom. The minimum atomic E-state index is -0.243. The van der Waals surface area contributed by atoms with Crippen molar-refractivity contribution in [1.82, 2.24) is 24.1 Å². The summed E-state index contributed by atoms with van der Waals surface area (Å²) in [6, 6.07) is 66.6. The molecule has 0 radical (unpaired) electrons. The second-order valence-electron chi connectivity index (χ2n) is 22.0. The Morgan fingerprint density at radius 3 is 1.93 bits per heavy atom. The Morgan fingerprint density at radius 1 is 0.486 bits per heavy atom. The summed E-state index contributed by atoms with van der Waals surface area (Å²) in [5.41, 5.74) is 19.4. The molecule has 354 valence electrons. The van der Waals surface area contributed by atoms with Crippen LogP contribution >= 0.6 is 0 Å². The van der Waals surface area contributed by atoms with Crippen LogP contribution in [0.4, 0.5) is 0 Å². The van der Waals surface area contributed by atoms with Gasteiger partial charge in [0.15, 0.2) is 0 Å². The van der Waals surface area contributed by atoms with E-state index in [1.165, 1.54) is 60.5 Å². The molecule has 8 aromatic carbocycles. The maximum Gasteiger partial charge on any atom is 0.147 e. The van der Waals surface area contributed by atoms with E-state index in [0.29, 0.717) is 11.8 Å². The van der Waals surface area contributed by atoms with Gasteiger partial charge >= 0.3 is 0 Å². The molecule has 0 amide bonds. The first-order valence-corrected chi connectivity index (χ1v) is 25.6. The number of aromatic nitrogens is 5. The highest BCUT2D eigenvalue weighted by atomic mass is 15.1. The highest BCUT2D eigenvalue weighted by Gasteiger charge is 2.28. The van der Waals surface area contributed by atoms with Gasteiger partial charge in [-0.3, -0.25) is 9.13 Å². The van der Waals surface area contributed by atoms with E-state index >= 15 is 0 Å². The van der Waals surface area contributed by atoms with E-state index in [0.717, 1.165) is 67.1 Å². The average molecular weight is 936 g/mol. The van der Waals surface area contributed by atoms with Crippen LogP contribution in [-0.4, -0.2) is 24.1 Å². The third kappa shape index (κ3) is 7.36. The number of fused-ring (bicyclic) bond motifs is 7. The lowest BCUT2D eigenvalue weighted by Crippen LogP contribution is -2.19. The Labute approximate surface area is 422 Å². The van der Waals surface area contributed by atoms with Crippen LogP contribution in [0.1, 0.15) is 102 Å². The van der Waals surface area contributed by atoms with E-state index in [-0.39, 0.29) is 10.8 Å². The molecule has 12 aromatic rings. The lowest BCUT2D eigenvalue weighted by Gasteiger charge is -2.26. The summed E-state index contributed by atoms with van der Waals surface area (Å²) in [5.74, 6) is 2.55. The molecule has 0 bridgehead atoms. The zero-order valence-electron chi connectivity index (χ0n) is 42.8. The number of hydrogen-bond donors (Lipinski definition) is 1. The van der Waals surface area contributed by atoms with Gasteiger partial charge in [0.1, 0.15) is 11.6 Å². The number of benzene rings is 8. The highest BCUT2D eigenvalue weighted by molar-refractivity contribution is 6.15. The largest absolute Gasteiger partial charge is 0.354 e. The first-order valence-electron chi connectivity index (χ1n) is 25.6. The maximum absolute atomic E-state index is 5.82. The molecule has 0 atom stereocenters. The Bertz CT molecular complexity index is 4030. The van der Waals surface area contributed by atoms with Gasteiger partial charge in [-0.15, -0.1) is 0 Å². The van der Waals surface area contributed by atoms with Gasteiger partial charge in [-0.2, -0.15) is 0 Å². The summed E-state index contributed by atoms with van der Waals surface area (Å²) in [4.78, 5) is 14.9. The van der Waals surface area contributed by atoms with E-state index in [1.807, 2.05) is 6.20 Å². The Kier molecular flexibility index (Phi) is 10.7. The number of H-pyrrole nitrogens is 1. The lowest BCUT2D eigenvalue weighted by molar-refractivity contribution is 0.591. The molecule has 0 saturated heterocycles. The van der Waals surface area contributed by atoms with Gasteiger partial charge in [0.05, 0.1) is 27.6 Å². The van der Waals surface area contributed by atoms with E-state index in [2.05, 4.69) is 258 Å². The molecule has 0 saturated carbocycles. The second kappa shape index (κ2) is 17.1. The third-order valence-electron chi connectivity index (χ3n) is 15.3. The zero-order chi connectivity index (χ0) is 49.6. The molecule has 0 aliphatic rings. The highest BCUT2D eigenvalue weighted by Crippen LogP contribution is 2.45. The molecule has 4 heterocycles. The summed E-state index contributed by atoms with van der Waals surface area (Å²) >= 11 is 0. The quantitative estimate of drug-likeness (QED) is 0.157. The van der Waals surface area contributed by atoms with Crippen molar-refractivity contribution in [3.8, 4) is 45.1 Å². The van der Waals surface area contributed by atoms with Crippen LogP contribution in [-0.2, 0) is 10.8 Å². The van der Waals surface area contributed by atoms with Gasteiger partial charge in [-0.25, -0.2) is 9.97 Å². The molecule has 5 nitrogen and oxygen atoms in total. The summed E-state index contributed by atoms with van der Waals surface area (Å²) in [5, 5.41) is 4.93. The number of nitrogens with one attached hydrogen (secondary N) is 1. The molecular weight excluding hydrogens is 875 g/mol. The summed E-state index contributed by atoms with van der Waals surface area (Å²) < 4.78 is 4.74. The minimum absolute atomic E-state index is 0.115. The van der Waals surface area contributed by atoms with Crippen molar-refractivity contribution in [2.75, 3.05) is 0 Å². The average Bonchev–Trinajstić information content (AvgIpc) is 4.08. The topological polar surface area (TPSA) is 51.4 Å². The van der Waals surface area contributed by atoms with Crippen LogP contribution in [0.5, 0.6) is 0 Å². The predicted octanol–water partition coefficient (Wildman–Crippen LogP) is 18.0. The molecule has 4 aromatic heterocycles. The molecule has 0 unspecified atom stereocenters. The van der Waals surface area contributed by atoms with E-state index in [1.54, 1.807) is 0 Å². The number of rotatable bonds is 9. The van der Waals surface area contributed by atoms with Crippen molar-refractivity contribution in [3.05, 3.63) is 216 Å². The van der Waals surface area contributed by atoms with Crippen LogP contribution in [0.15, 0.2) is 188 Å². The van der Waals surface area contributed by atoms with E-state index in [9.17, 15) is 0 Å². The van der Waals surface area contributed by atoms with Crippen LogP contribution in [0.2, 0.25) is 0 Å². The number of para-hydroxylation sites is 2. The Hall–Kier alpha value is -8.02. The fraction of sp³-hybridized carbons (Fsp3) is 0.194. The first-order chi connectivity index (χ1) is 34.8. The SMILES string of the molecule is CC(C)c1ccc2[nH]c3c(-c4nc5c(-c6ccc7c8cc(-c9ccccc9)ccc8n(-c8cc(C(C)(C)c9ccccc9)ccn8)c7c6)cccc5n4-c4ccccc4)cc(C(C)(C)C)cc3c2c1C(C)C. The number of imidazole rings is 1. The van der Waals surface area contributed by atoms with Gasteiger partial charge in [-0.05, 0) is 128 Å². The normalized spacial score (nSPS) is 12.5. The summed E-state index contributed by atoms with van der Waals surface area (Å²) in [7, 11) is 0. The predicted molar refractivity (Wildman–Crippen MR) is 304 cm³/mol. The number of nitrogens with zero attached hydrogens (tertiary/aromatic N) is 4. The van der Waals surface area contributed by atoms with Crippen LogP contribution in [0.3, 0.4) is 0 Å².